The fourth-order valence-electron chi connectivity index (χ4n) is 6.90. The van der Waals surface area contributed by atoms with Crippen molar-refractivity contribution in [3.8, 4) is 22.9 Å². The average molecular weight is 665 g/mol. The molecule has 8 nitrogen and oxygen atoms in total. The number of aromatic nitrogens is 4. The number of nitrogens with one attached hydrogen (secondary N) is 2. The molecule has 3 aromatic carbocycles. The molecular weight excluding hydrogens is 626 g/mol. The Hall–Kier alpha value is -5.25. The third-order valence-corrected chi connectivity index (χ3v) is 9.94. The number of rotatable bonds is 4. The zero-order valence-corrected chi connectivity index (χ0v) is 27.7. The highest BCUT2D eigenvalue weighted by molar-refractivity contribution is 5.86. The number of fused-ring (bicyclic) bond motifs is 10. The zero-order chi connectivity index (χ0) is 34.3. The van der Waals surface area contributed by atoms with Gasteiger partial charge in [0, 0.05) is 57.9 Å². The lowest BCUT2D eigenvalue weighted by Gasteiger charge is -2.30. The number of hydrogen-bond donors (Lipinski definition) is 3. The third-order valence-electron chi connectivity index (χ3n) is 9.94. The van der Waals surface area contributed by atoms with Gasteiger partial charge in [-0.2, -0.15) is 0 Å². The molecular formula is C39H38F2N4O4. The number of benzene rings is 3. The molecule has 6 bridgehead atoms. The van der Waals surface area contributed by atoms with E-state index >= 15 is 8.78 Å². The van der Waals surface area contributed by atoms with E-state index in [1.54, 1.807) is 18.7 Å². The smallest absolute Gasteiger partial charge is 0.303 e. The Morgan fingerprint density at radius 2 is 1.86 bits per heavy atom. The van der Waals surface area contributed by atoms with E-state index in [0.29, 0.717) is 29.2 Å². The minimum absolute atomic E-state index is 0.0112. The van der Waals surface area contributed by atoms with Crippen LogP contribution in [-0.2, 0) is 28.5 Å². The van der Waals surface area contributed by atoms with Gasteiger partial charge in [0.1, 0.15) is 23.7 Å². The van der Waals surface area contributed by atoms with Crippen molar-refractivity contribution in [3.05, 3.63) is 119 Å². The van der Waals surface area contributed by atoms with Crippen molar-refractivity contribution in [3.63, 3.8) is 0 Å². The van der Waals surface area contributed by atoms with Gasteiger partial charge in [-0.15, -0.1) is 0 Å². The van der Waals surface area contributed by atoms with Crippen LogP contribution in [0, 0.1) is 11.6 Å². The van der Waals surface area contributed by atoms with Gasteiger partial charge in [0.15, 0.2) is 17.5 Å². The van der Waals surface area contributed by atoms with E-state index in [1.165, 1.54) is 24.3 Å². The molecule has 4 heterocycles. The van der Waals surface area contributed by atoms with Gasteiger partial charge in [-0.1, -0.05) is 51.0 Å². The van der Waals surface area contributed by atoms with Crippen LogP contribution in [0.4, 0.5) is 8.78 Å². The number of nitrogens with zero attached hydrogens (tertiary/aromatic N) is 2. The van der Waals surface area contributed by atoms with E-state index in [9.17, 15) is 9.90 Å². The summed E-state index contributed by atoms with van der Waals surface area (Å²) >= 11 is 0. The number of imidazole rings is 1. The van der Waals surface area contributed by atoms with E-state index in [0.717, 1.165) is 53.6 Å². The van der Waals surface area contributed by atoms with Crippen LogP contribution in [0.15, 0.2) is 77.7 Å². The van der Waals surface area contributed by atoms with Gasteiger partial charge < -0.3 is 24.2 Å². The summed E-state index contributed by atoms with van der Waals surface area (Å²) in [7, 11) is 0. The Morgan fingerprint density at radius 1 is 1.02 bits per heavy atom. The molecule has 1 unspecified atom stereocenters. The summed E-state index contributed by atoms with van der Waals surface area (Å²) < 4.78 is 43.4. The van der Waals surface area contributed by atoms with Crippen LogP contribution in [0.25, 0.3) is 22.3 Å². The van der Waals surface area contributed by atoms with Crippen LogP contribution in [0.2, 0.25) is 0 Å². The van der Waals surface area contributed by atoms with Crippen LogP contribution in [0.5, 0.6) is 11.5 Å². The minimum atomic E-state index is -0.846. The Labute approximate surface area is 282 Å². The van der Waals surface area contributed by atoms with Crippen molar-refractivity contribution in [2.45, 2.75) is 76.5 Å². The number of halogens is 2. The molecule has 252 valence electrons. The molecule has 7 rings (SSSR count). The molecule has 1 atom stereocenters. The van der Waals surface area contributed by atoms with Crippen LogP contribution < -0.4 is 4.74 Å². The SMILES string of the molecule is CC1(C)CCCCC(C)(c2cccc(CCC(=O)O)c2)c2cnc([nH]2)-c2cc(ccc2F)Oc2c(F)cc3[nH]ccc3c2Cc2nc1co2. The Morgan fingerprint density at radius 3 is 2.69 bits per heavy atom. The standard InChI is InChI=1S/C39H38F2N4O4/c1-38(2)14-4-5-15-39(3,24-8-6-7-23(17-24)9-12-35(46)47)32-21-43-37(45-32)28-18-25(10-11-29(28)40)49-36-27(19-34-44-33(38)22-48-34)26-13-16-42-31(26)20-30(36)41/h6-8,10-11,13,16-18,20-22,42H,4-5,9,12,14-15,19H2,1-3H3,(H,43,45)(H,46,47). The predicted molar refractivity (Wildman–Crippen MR) is 182 cm³/mol. The van der Waals surface area contributed by atoms with Crippen LogP contribution in [0.1, 0.15) is 86.8 Å². The summed E-state index contributed by atoms with van der Waals surface area (Å²) in [6, 6.07) is 15.5. The first kappa shape index (κ1) is 32.3. The first-order chi connectivity index (χ1) is 23.5. The number of carboxylic acids is 1. The number of oxazole rings is 1. The maximum atomic E-state index is 15.7. The zero-order valence-electron chi connectivity index (χ0n) is 27.7. The minimum Gasteiger partial charge on any atom is -0.481 e. The summed E-state index contributed by atoms with van der Waals surface area (Å²) in [5, 5.41) is 10.0. The summed E-state index contributed by atoms with van der Waals surface area (Å²) in [6.45, 7) is 6.42. The van der Waals surface area contributed by atoms with Gasteiger partial charge in [-0.3, -0.25) is 4.79 Å². The fraction of sp³-hybridized carbons (Fsp3) is 0.308. The molecule has 0 saturated heterocycles. The fourth-order valence-corrected chi connectivity index (χ4v) is 6.90. The summed E-state index contributed by atoms with van der Waals surface area (Å²) in [6.07, 6.45) is 9.18. The number of aryl methyl sites for hydroxylation is 1. The molecule has 0 fully saturated rings. The van der Waals surface area contributed by atoms with Crippen molar-refractivity contribution >= 4 is 16.9 Å². The number of carbonyl (C=O) groups is 1. The summed E-state index contributed by atoms with van der Waals surface area (Å²) in [5.74, 6) is -0.914. The number of H-pyrrole nitrogens is 2. The van der Waals surface area contributed by atoms with Gasteiger partial charge >= 0.3 is 5.97 Å². The topological polar surface area (TPSA) is 117 Å². The number of carboxylic acid groups (broad SMARTS) is 1. The molecule has 3 N–H and O–H groups in total. The molecule has 0 radical (unpaired) electrons. The number of aromatic amines is 2. The van der Waals surface area contributed by atoms with E-state index in [2.05, 4.69) is 41.8 Å². The third kappa shape index (κ3) is 6.35. The summed E-state index contributed by atoms with van der Waals surface area (Å²) in [4.78, 5) is 27.3. The van der Waals surface area contributed by atoms with Gasteiger partial charge in [0.25, 0.3) is 0 Å². The molecule has 1 aliphatic rings. The van der Waals surface area contributed by atoms with Crippen molar-refractivity contribution in [2.24, 2.45) is 0 Å². The van der Waals surface area contributed by atoms with Crippen LogP contribution in [0.3, 0.4) is 0 Å². The predicted octanol–water partition coefficient (Wildman–Crippen LogP) is 9.38. The molecule has 1 aliphatic heterocycles. The van der Waals surface area contributed by atoms with E-state index in [-0.39, 0.29) is 35.3 Å². The molecule has 0 aliphatic carbocycles. The van der Waals surface area contributed by atoms with Crippen molar-refractivity contribution in [1.29, 1.82) is 0 Å². The summed E-state index contributed by atoms with van der Waals surface area (Å²) in [5.41, 5.74) is 4.08. The van der Waals surface area contributed by atoms with Gasteiger partial charge in [-0.05, 0) is 61.6 Å². The van der Waals surface area contributed by atoms with Crippen molar-refractivity contribution in [1.82, 2.24) is 19.9 Å². The maximum Gasteiger partial charge on any atom is 0.303 e. The van der Waals surface area contributed by atoms with Crippen molar-refractivity contribution in [2.75, 3.05) is 0 Å². The quantitative estimate of drug-likeness (QED) is 0.173. The highest BCUT2D eigenvalue weighted by Crippen LogP contribution is 2.41. The Kier molecular flexibility index (Phi) is 8.34. The molecule has 6 aromatic rings. The van der Waals surface area contributed by atoms with Gasteiger partial charge in [0.2, 0.25) is 0 Å². The Balaban J connectivity index is 1.34. The molecule has 0 saturated carbocycles. The lowest BCUT2D eigenvalue weighted by molar-refractivity contribution is -0.136. The second kappa shape index (κ2) is 12.7. The second-order valence-electron chi connectivity index (χ2n) is 13.8. The van der Waals surface area contributed by atoms with Crippen LogP contribution in [-0.4, -0.2) is 31.0 Å². The molecule has 10 heteroatoms. The van der Waals surface area contributed by atoms with Gasteiger partial charge in [-0.25, -0.2) is 18.7 Å². The molecule has 0 amide bonds. The molecule has 49 heavy (non-hydrogen) atoms. The maximum absolute atomic E-state index is 15.7. The van der Waals surface area contributed by atoms with Crippen molar-refractivity contribution < 1.29 is 27.8 Å². The van der Waals surface area contributed by atoms with E-state index < -0.39 is 23.0 Å². The highest BCUT2D eigenvalue weighted by atomic mass is 19.1. The van der Waals surface area contributed by atoms with Crippen LogP contribution >= 0.6 is 0 Å². The molecule has 3 aromatic heterocycles. The Bertz CT molecular complexity index is 2160. The van der Waals surface area contributed by atoms with E-state index in [4.69, 9.17) is 14.1 Å². The number of aliphatic carboxylic acids is 1. The first-order valence-electron chi connectivity index (χ1n) is 16.6. The van der Waals surface area contributed by atoms with E-state index in [1.807, 2.05) is 24.3 Å². The highest BCUT2D eigenvalue weighted by Gasteiger charge is 2.33. The van der Waals surface area contributed by atoms with Gasteiger partial charge in [0.05, 0.1) is 17.7 Å². The average Bonchev–Trinajstić information content (AvgIpc) is 3.86. The first-order valence-corrected chi connectivity index (χ1v) is 16.6. The monoisotopic (exact) mass is 664 g/mol. The number of ether oxygens (including phenoxy) is 1. The second-order valence-corrected chi connectivity index (χ2v) is 13.8. The lowest BCUT2D eigenvalue weighted by Crippen LogP contribution is -2.25. The number of hydrogen-bond acceptors (Lipinski definition) is 5. The normalized spacial score (nSPS) is 17.8. The lowest BCUT2D eigenvalue weighted by atomic mass is 9.74. The molecule has 0 spiro atoms. The largest absolute Gasteiger partial charge is 0.481 e.